The fourth-order valence-electron chi connectivity index (χ4n) is 4.50. The third-order valence-corrected chi connectivity index (χ3v) is 6.82. The molecule has 0 radical (unpaired) electrons. The largest absolute Gasteiger partial charge is 0.493 e. The Morgan fingerprint density at radius 3 is 2.44 bits per heavy atom. The zero-order valence-electron chi connectivity index (χ0n) is 20.3. The van der Waals surface area contributed by atoms with Gasteiger partial charge in [-0.3, -0.25) is 9.59 Å². The minimum absolute atomic E-state index is 0.0395. The van der Waals surface area contributed by atoms with E-state index in [4.69, 9.17) is 9.47 Å². The van der Waals surface area contributed by atoms with E-state index in [0.29, 0.717) is 22.6 Å². The average molecular weight is 513 g/mol. The number of amides is 2. The van der Waals surface area contributed by atoms with Gasteiger partial charge in [-0.05, 0) is 48.2 Å². The summed E-state index contributed by atoms with van der Waals surface area (Å²) in [5, 5.41) is 3.16. The number of rotatable bonds is 9. The van der Waals surface area contributed by atoms with Crippen LogP contribution in [-0.2, 0) is 11.3 Å². The van der Waals surface area contributed by atoms with E-state index in [1.807, 2.05) is 0 Å². The molecular formula is C26H29FN4O4S. The fourth-order valence-corrected chi connectivity index (χ4v) is 4.90. The Labute approximate surface area is 213 Å². The molecule has 1 aliphatic carbocycles. The van der Waals surface area contributed by atoms with Crippen molar-refractivity contribution < 1.29 is 23.5 Å². The number of hydrogen-bond donors (Lipinski definition) is 1. The van der Waals surface area contributed by atoms with Gasteiger partial charge in [-0.25, -0.2) is 4.39 Å². The van der Waals surface area contributed by atoms with E-state index in [1.54, 1.807) is 30.3 Å². The highest BCUT2D eigenvalue weighted by atomic mass is 32.1. The van der Waals surface area contributed by atoms with Gasteiger partial charge in [0.25, 0.3) is 5.91 Å². The summed E-state index contributed by atoms with van der Waals surface area (Å²) in [7, 11) is 3.05. The Morgan fingerprint density at radius 2 is 1.81 bits per heavy atom. The molecule has 0 bridgehead atoms. The Balaban J connectivity index is 1.77. The summed E-state index contributed by atoms with van der Waals surface area (Å²) < 4.78 is 32.5. The molecule has 1 fully saturated rings. The van der Waals surface area contributed by atoms with Crippen molar-refractivity contribution >= 4 is 23.5 Å². The van der Waals surface area contributed by atoms with E-state index in [1.165, 1.54) is 37.4 Å². The van der Waals surface area contributed by atoms with Gasteiger partial charge in [-0.2, -0.15) is 8.75 Å². The molecule has 1 unspecified atom stereocenters. The van der Waals surface area contributed by atoms with Crippen LogP contribution in [0.5, 0.6) is 11.5 Å². The number of halogens is 1. The van der Waals surface area contributed by atoms with Crippen LogP contribution in [0.2, 0.25) is 0 Å². The maximum Gasteiger partial charge on any atom is 0.276 e. The molecule has 190 valence electrons. The molecular weight excluding hydrogens is 483 g/mol. The molecule has 8 nitrogen and oxygen atoms in total. The van der Waals surface area contributed by atoms with Gasteiger partial charge in [0.05, 0.1) is 32.1 Å². The minimum atomic E-state index is -0.994. The van der Waals surface area contributed by atoms with Crippen LogP contribution < -0.4 is 14.8 Å². The predicted molar refractivity (Wildman–Crippen MR) is 133 cm³/mol. The number of ether oxygens (including phenoxy) is 2. The first-order valence-corrected chi connectivity index (χ1v) is 12.6. The predicted octanol–water partition coefficient (Wildman–Crippen LogP) is 4.53. The summed E-state index contributed by atoms with van der Waals surface area (Å²) in [6, 6.07) is 10.1. The number of carbonyl (C=O) groups is 2. The number of aromatic nitrogens is 2. The molecule has 1 heterocycles. The average Bonchev–Trinajstić information content (AvgIpc) is 3.44. The van der Waals surface area contributed by atoms with Crippen molar-refractivity contribution in [2.45, 2.75) is 50.7 Å². The Kier molecular flexibility index (Phi) is 8.48. The van der Waals surface area contributed by atoms with Crippen LogP contribution in [0, 0.1) is 5.82 Å². The molecule has 1 N–H and O–H groups in total. The molecule has 1 saturated carbocycles. The molecule has 0 aliphatic heterocycles. The lowest BCUT2D eigenvalue weighted by molar-refractivity contribution is -0.127. The summed E-state index contributed by atoms with van der Waals surface area (Å²) >= 11 is 0.915. The molecule has 1 aliphatic rings. The van der Waals surface area contributed by atoms with E-state index < -0.39 is 11.9 Å². The van der Waals surface area contributed by atoms with Crippen molar-refractivity contribution in [1.82, 2.24) is 19.0 Å². The smallest absolute Gasteiger partial charge is 0.276 e. The minimum Gasteiger partial charge on any atom is -0.493 e. The maximum absolute atomic E-state index is 13.9. The standard InChI is InChI=1S/C26H29FN4O4S/c1-34-22-13-10-18(14-23(22)35-2)24(25(32)29-20-6-4-3-5-7-20)31(26(33)21-15-28-36-30-21)16-17-8-11-19(27)12-9-17/h8-15,20,24H,3-7,16H2,1-2H3,(H,29,32). The van der Waals surface area contributed by atoms with Crippen LogP contribution in [0.25, 0.3) is 0 Å². The zero-order valence-corrected chi connectivity index (χ0v) is 21.1. The van der Waals surface area contributed by atoms with Crippen molar-refractivity contribution in [3.8, 4) is 11.5 Å². The summed E-state index contributed by atoms with van der Waals surface area (Å²) in [6.45, 7) is 0.0632. The summed E-state index contributed by atoms with van der Waals surface area (Å²) in [5.41, 5.74) is 1.36. The molecule has 10 heteroatoms. The number of benzene rings is 2. The second-order valence-electron chi connectivity index (χ2n) is 8.71. The van der Waals surface area contributed by atoms with Crippen molar-refractivity contribution in [1.29, 1.82) is 0 Å². The first kappa shape index (κ1) is 25.6. The van der Waals surface area contributed by atoms with Gasteiger partial charge < -0.3 is 19.7 Å². The summed E-state index contributed by atoms with van der Waals surface area (Å²) in [6.07, 6.45) is 6.43. The van der Waals surface area contributed by atoms with Gasteiger partial charge in [-0.1, -0.05) is 37.5 Å². The SMILES string of the molecule is COc1ccc(C(C(=O)NC2CCCCC2)N(Cc2ccc(F)cc2)C(=O)c2cnsn2)cc1OC. The van der Waals surface area contributed by atoms with Gasteiger partial charge in [0, 0.05) is 12.6 Å². The second kappa shape index (κ2) is 11.9. The molecule has 2 amide bonds. The number of nitrogens with zero attached hydrogens (tertiary/aromatic N) is 3. The quantitative estimate of drug-likeness (QED) is 0.453. The number of methoxy groups -OCH3 is 2. The molecule has 2 aromatic carbocycles. The van der Waals surface area contributed by atoms with E-state index in [9.17, 15) is 14.0 Å². The number of hydrogen-bond acceptors (Lipinski definition) is 7. The third kappa shape index (κ3) is 5.99. The van der Waals surface area contributed by atoms with E-state index >= 15 is 0 Å². The van der Waals surface area contributed by atoms with Crippen LogP contribution in [-0.4, -0.2) is 45.7 Å². The fraction of sp³-hybridized carbons (Fsp3) is 0.385. The van der Waals surface area contributed by atoms with Gasteiger partial charge in [0.2, 0.25) is 5.91 Å². The molecule has 36 heavy (non-hydrogen) atoms. The second-order valence-corrected chi connectivity index (χ2v) is 9.27. The van der Waals surface area contributed by atoms with E-state index in [2.05, 4.69) is 14.1 Å². The maximum atomic E-state index is 13.9. The number of carbonyl (C=O) groups excluding carboxylic acids is 2. The normalized spacial score (nSPS) is 14.6. The lowest BCUT2D eigenvalue weighted by atomic mass is 9.94. The molecule has 4 rings (SSSR count). The monoisotopic (exact) mass is 512 g/mol. The first-order chi connectivity index (χ1) is 17.5. The van der Waals surface area contributed by atoms with Gasteiger partial charge in [0.15, 0.2) is 17.2 Å². The van der Waals surface area contributed by atoms with E-state index in [-0.39, 0.29) is 30.0 Å². The van der Waals surface area contributed by atoms with Crippen LogP contribution in [0.3, 0.4) is 0 Å². The highest BCUT2D eigenvalue weighted by Crippen LogP contribution is 2.34. The van der Waals surface area contributed by atoms with Crippen LogP contribution in [0.4, 0.5) is 4.39 Å². The molecule has 0 saturated heterocycles. The third-order valence-electron chi connectivity index (χ3n) is 6.34. The van der Waals surface area contributed by atoms with E-state index in [0.717, 1.165) is 43.8 Å². The highest BCUT2D eigenvalue weighted by molar-refractivity contribution is 6.99. The molecule has 0 spiro atoms. The van der Waals surface area contributed by atoms with Gasteiger partial charge in [0.1, 0.15) is 11.9 Å². The van der Waals surface area contributed by atoms with Crippen molar-refractivity contribution in [3.05, 3.63) is 71.3 Å². The van der Waals surface area contributed by atoms with Crippen molar-refractivity contribution in [2.75, 3.05) is 14.2 Å². The van der Waals surface area contributed by atoms with Crippen LogP contribution in [0.15, 0.2) is 48.7 Å². The number of nitrogens with one attached hydrogen (secondary N) is 1. The molecule has 3 aromatic rings. The summed E-state index contributed by atoms with van der Waals surface area (Å²) in [4.78, 5) is 29.0. The Bertz CT molecular complexity index is 1170. The van der Waals surface area contributed by atoms with Crippen LogP contribution >= 0.6 is 11.7 Å². The van der Waals surface area contributed by atoms with Crippen molar-refractivity contribution in [2.24, 2.45) is 0 Å². The zero-order chi connectivity index (χ0) is 25.5. The Hall–Kier alpha value is -3.53. The summed E-state index contributed by atoms with van der Waals surface area (Å²) in [5.74, 6) is -0.186. The molecule has 1 atom stereocenters. The van der Waals surface area contributed by atoms with Gasteiger partial charge in [-0.15, -0.1) is 0 Å². The first-order valence-electron chi connectivity index (χ1n) is 11.9. The van der Waals surface area contributed by atoms with Gasteiger partial charge >= 0.3 is 0 Å². The Morgan fingerprint density at radius 1 is 1.08 bits per heavy atom. The lowest BCUT2D eigenvalue weighted by Gasteiger charge is -2.33. The van der Waals surface area contributed by atoms with Crippen molar-refractivity contribution in [3.63, 3.8) is 0 Å². The molecule has 1 aromatic heterocycles. The topological polar surface area (TPSA) is 93.7 Å². The highest BCUT2D eigenvalue weighted by Gasteiger charge is 2.35. The van der Waals surface area contributed by atoms with Crippen LogP contribution in [0.1, 0.15) is 59.8 Å². The lowest BCUT2D eigenvalue weighted by Crippen LogP contribution is -2.47.